The molecule has 9 heteroatoms. The van der Waals surface area contributed by atoms with Crippen LogP contribution in [0, 0.1) is 0 Å². The van der Waals surface area contributed by atoms with E-state index in [1.54, 1.807) is 4.68 Å². The topological polar surface area (TPSA) is 76.8 Å². The molecule has 0 unspecified atom stereocenters. The second-order valence-corrected chi connectivity index (χ2v) is 4.32. The minimum absolute atomic E-state index is 0.0685. The summed E-state index contributed by atoms with van der Waals surface area (Å²) in [6, 6.07) is 1.24. The van der Waals surface area contributed by atoms with Gasteiger partial charge < -0.3 is 10.6 Å². The Balaban J connectivity index is 1.77. The zero-order valence-corrected chi connectivity index (χ0v) is 10.4. The molecule has 0 radical (unpaired) electrons. The first-order valence-corrected chi connectivity index (χ1v) is 6.09. The third-order valence-corrected chi connectivity index (χ3v) is 2.97. The van der Waals surface area contributed by atoms with Crippen LogP contribution in [0.15, 0.2) is 18.5 Å². The maximum atomic E-state index is 12.4. The Morgan fingerprint density at radius 2 is 2.35 bits per heavy atom. The van der Waals surface area contributed by atoms with Crippen LogP contribution in [-0.2, 0) is 6.54 Å². The fourth-order valence-corrected chi connectivity index (χ4v) is 2.02. The van der Waals surface area contributed by atoms with Gasteiger partial charge in [0, 0.05) is 19.3 Å². The largest absolute Gasteiger partial charge is 0.368 e. The molecule has 20 heavy (non-hydrogen) atoms. The van der Waals surface area contributed by atoms with E-state index in [9.17, 15) is 13.6 Å². The minimum atomic E-state index is -2.76. The summed E-state index contributed by atoms with van der Waals surface area (Å²) in [6.45, 7) is -1.19. The lowest BCUT2D eigenvalue weighted by Crippen LogP contribution is -2.20. The van der Waals surface area contributed by atoms with Gasteiger partial charge in [0.15, 0.2) is 5.69 Å². The maximum Gasteiger partial charge on any atom is 0.333 e. The van der Waals surface area contributed by atoms with E-state index in [1.807, 2.05) is 0 Å². The number of carbonyl (C=O) groups is 1. The van der Waals surface area contributed by atoms with E-state index in [2.05, 4.69) is 20.8 Å². The van der Waals surface area contributed by atoms with Crippen LogP contribution in [0.3, 0.4) is 0 Å². The molecule has 0 spiro atoms. The summed E-state index contributed by atoms with van der Waals surface area (Å²) in [7, 11) is 0. The lowest BCUT2D eigenvalue weighted by Gasteiger charge is -2.16. The fraction of sp³-hybridized carbons (Fsp3) is 0.364. The molecule has 0 aromatic carbocycles. The number of anilines is 2. The van der Waals surface area contributed by atoms with Crippen molar-refractivity contribution in [3.63, 3.8) is 0 Å². The van der Waals surface area contributed by atoms with Crippen LogP contribution in [0.4, 0.5) is 20.3 Å². The number of carbonyl (C=O) groups excluding carboxylic acids is 1. The van der Waals surface area contributed by atoms with Crippen LogP contribution in [0.5, 0.6) is 0 Å². The van der Waals surface area contributed by atoms with Gasteiger partial charge in [-0.3, -0.25) is 4.79 Å². The molecule has 0 saturated heterocycles. The molecule has 0 fully saturated rings. The van der Waals surface area contributed by atoms with Crippen molar-refractivity contribution in [2.24, 2.45) is 0 Å². The summed E-state index contributed by atoms with van der Waals surface area (Å²) in [5, 5.41) is 13.4. The van der Waals surface area contributed by atoms with Gasteiger partial charge in [-0.15, -0.1) is 0 Å². The smallest absolute Gasteiger partial charge is 0.333 e. The molecule has 3 rings (SSSR count). The summed E-state index contributed by atoms with van der Waals surface area (Å²) in [6.07, 6.45) is 3.54. The van der Waals surface area contributed by atoms with Crippen molar-refractivity contribution in [1.82, 2.24) is 19.6 Å². The molecule has 1 aliphatic rings. The molecule has 0 saturated carbocycles. The van der Waals surface area contributed by atoms with E-state index in [1.165, 1.54) is 12.3 Å². The number of rotatable bonds is 3. The second-order valence-electron chi connectivity index (χ2n) is 4.32. The Morgan fingerprint density at radius 1 is 1.50 bits per heavy atom. The standard InChI is InChI=1S/C11H12F2N6O/c12-11(13)19-5-2-7(17-19)10(20)16-8-6-15-18-4-1-3-14-9(8)18/h2,5-6,11,14H,1,3-4H2,(H,16,20). The zero-order valence-electron chi connectivity index (χ0n) is 10.4. The first kappa shape index (κ1) is 12.6. The molecular weight excluding hydrogens is 270 g/mol. The second kappa shape index (κ2) is 4.91. The summed E-state index contributed by atoms with van der Waals surface area (Å²) < 4.78 is 27.0. The molecular formula is C11H12F2N6O. The van der Waals surface area contributed by atoms with E-state index in [0.29, 0.717) is 10.4 Å². The summed E-state index contributed by atoms with van der Waals surface area (Å²) in [4.78, 5) is 11.9. The molecule has 7 nitrogen and oxygen atoms in total. The van der Waals surface area contributed by atoms with E-state index in [-0.39, 0.29) is 5.69 Å². The van der Waals surface area contributed by atoms with Gasteiger partial charge in [-0.2, -0.15) is 19.0 Å². The lowest BCUT2D eigenvalue weighted by molar-refractivity contribution is 0.0561. The molecule has 2 aromatic rings. The quantitative estimate of drug-likeness (QED) is 0.895. The van der Waals surface area contributed by atoms with Gasteiger partial charge in [0.1, 0.15) is 11.5 Å². The summed E-state index contributed by atoms with van der Waals surface area (Å²) in [5.74, 6) is 0.172. The highest BCUT2D eigenvalue weighted by atomic mass is 19.3. The zero-order chi connectivity index (χ0) is 14.1. The van der Waals surface area contributed by atoms with Crippen molar-refractivity contribution < 1.29 is 13.6 Å². The fourth-order valence-electron chi connectivity index (χ4n) is 2.02. The summed E-state index contributed by atoms with van der Waals surface area (Å²) in [5.41, 5.74) is 0.447. The van der Waals surface area contributed by atoms with Crippen molar-refractivity contribution in [2.45, 2.75) is 19.5 Å². The molecule has 0 aliphatic carbocycles. The Bertz CT molecular complexity index is 635. The monoisotopic (exact) mass is 282 g/mol. The van der Waals surface area contributed by atoms with Crippen LogP contribution in [0.1, 0.15) is 23.5 Å². The molecule has 106 valence electrons. The molecule has 3 heterocycles. The molecule has 0 bridgehead atoms. The van der Waals surface area contributed by atoms with Crippen LogP contribution in [-0.4, -0.2) is 32.0 Å². The van der Waals surface area contributed by atoms with Crippen molar-refractivity contribution in [1.29, 1.82) is 0 Å². The molecule has 1 amide bonds. The normalized spacial score (nSPS) is 13.9. The average Bonchev–Trinajstić information content (AvgIpc) is 3.06. The number of nitrogens with zero attached hydrogens (tertiary/aromatic N) is 4. The van der Waals surface area contributed by atoms with Gasteiger partial charge in [-0.05, 0) is 12.5 Å². The van der Waals surface area contributed by atoms with Crippen molar-refractivity contribution in [3.05, 3.63) is 24.2 Å². The average molecular weight is 282 g/mol. The SMILES string of the molecule is O=C(Nc1cnn2c1NCCC2)c1ccn(C(F)F)n1. The Morgan fingerprint density at radius 3 is 3.10 bits per heavy atom. The van der Waals surface area contributed by atoms with Crippen molar-refractivity contribution >= 4 is 17.4 Å². The van der Waals surface area contributed by atoms with E-state index in [4.69, 9.17) is 0 Å². The lowest BCUT2D eigenvalue weighted by atomic mass is 10.3. The Labute approximate surface area is 112 Å². The number of amides is 1. The predicted molar refractivity (Wildman–Crippen MR) is 66.8 cm³/mol. The van der Waals surface area contributed by atoms with E-state index in [0.717, 1.165) is 31.5 Å². The Hall–Kier alpha value is -2.45. The van der Waals surface area contributed by atoms with Crippen molar-refractivity contribution in [3.8, 4) is 0 Å². The minimum Gasteiger partial charge on any atom is -0.368 e. The number of halogens is 2. The van der Waals surface area contributed by atoms with E-state index >= 15 is 0 Å². The van der Waals surface area contributed by atoms with Crippen molar-refractivity contribution in [2.75, 3.05) is 17.2 Å². The number of alkyl halides is 2. The number of hydrogen-bond acceptors (Lipinski definition) is 4. The highest BCUT2D eigenvalue weighted by Gasteiger charge is 2.18. The highest BCUT2D eigenvalue weighted by Crippen LogP contribution is 2.24. The van der Waals surface area contributed by atoms with Crippen LogP contribution in [0.25, 0.3) is 0 Å². The maximum absolute atomic E-state index is 12.4. The Kier molecular flexibility index (Phi) is 3.09. The van der Waals surface area contributed by atoms with Gasteiger partial charge >= 0.3 is 6.55 Å². The third kappa shape index (κ3) is 2.22. The van der Waals surface area contributed by atoms with Gasteiger partial charge in [-0.25, -0.2) is 9.36 Å². The van der Waals surface area contributed by atoms with Gasteiger partial charge in [0.05, 0.1) is 6.20 Å². The first-order chi connectivity index (χ1) is 9.65. The van der Waals surface area contributed by atoms with Crippen LogP contribution in [0.2, 0.25) is 0 Å². The van der Waals surface area contributed by atoms with Crippen LogP contribution >= 0.6 is 0 Å². The third-order valence-electron chi connectivity index (χ3n) is 2.97. The summed E-state index contributed by atoms with van der Waals surface area (Å²) >= 11 is 0. The number of hydrogen-bond donors (Lipinski definition) is 2. The number of fused-ring (bicyclic) bond motifs is 1. The highest BCUT2D eigenvalue weighted by molar-refractivity contribution is 6.04. The number of aromatic nitrogens is 4. The van der Waals surface area contributed by atoms with Gasteiger partial charge in [-0.1, -0.05) is 0 Å². The molecule has 2 N–H and O–H groups in total. The predicted octanol–water partition coefficient (Wildman–Crippen LogP) is 1.54. The number of nitrogens with one attached hydrogen (secondary N) is 2. The van der Waals surface area contributed by atoms with Crippen LogP contribution < -0.4 is 10.6 Å². The van der Waals surface area contributed by atoms with Gasteiger partial charge in [0.2, 0.25) is 0 Å². The first-order valence-electron chi connectivity index (χ1n) is 6.09. The molecule has 2 aromatic heterocycles. The molecule has 1 aliphatic heterocycles. The molecule has 0 atom stereocenters. The van der Waals surface area contributed by atoms with E-state index < -0.39 is 12.5 Å². The number of aryl methyl sites for hydroxylation is 1. The van der Waals surface area contributed by atoms with Gasteiger partial charge in [0.25, 0.3) is 5.91 Å².